The summed E-state index contributed by atoms with van der Waals surface area (Å²) in [6.07, 6.45) is 4.10. The molecule has 82 valence electrons. The van der Waals surface area contributed by atoms with E-state index in [0.29, 0.717) is 11.9 Å². The average molecular weight is 198 g/mol. The number of hydrogen-bond donors (Lipinski definition) is 1. The van der Waals surface area contributed by atoms with Crippen LogP contribution in [0.5, 0.6) is 0 Å². The van der Waals surface area contributed by atoms with E-state index in [-0.39, 0.29) is 0 Å². The van der Waals surface area contributed by atoms with E-state index < -0.39 is 0 Å². The summed E-state index contributed by atoms with van der Waals surface area (Å²) in [6.45, 7) is 7.12. The van der Waals surface area contributed by atoms with E-state index in [1.165, 1.54) is 6.42 Å². The van der Waals surface area contributed by atoms with Gasteiger partial charge in [-0.25, -0.2) is 0 Å². The Balaban J connectivity index is 2.35. The number of amides is 1. The first-order valence-electron chi connectivity index (χ1n) is 5.79. The summed E-state index contributed by atoms with van der Waals surface area (Å²) in [6, 6.07) is 0.474. The zero-order chi connectivity index (χ0) is 10.4. The minimum absolute atomic E-state index is 0.340. The van der Waals surface area contributed by atoms with Crippen molar-refractivity contribution in [3.05, 3.63) is 0 Å². The smallest absolute Gasteiger partial charge is 0.222 e. The van der Waals surface area contributed by atoms with Crippen LogP contribution in [0.2, 0.25) is 0 Å². The lowest BCUT2D eigenvalue weighted by molar-refractivity contribution is -0.133. The summed E-state index contributed by atoms with van der Waals surface area (Å²) >= 11 is 0. The Kier molecular flexibility index (Phi) is 4.94. The molecule has 14 heavy (non-hydrogen) atoms. The Hall–Kier alpha value is -0.570. The van der Waals surface area contributed by atoms with Gasteiger partial charge in [0.1, 0.15) is 0 Å². The van der Waals surface area contributed by atoms with E-state index in [1.54, 1.807) is 0 Å². The summed E-state index contributed by atoms with van der Waals surface area (Å²) in [7, 11) is 0. The van der Waals surface area contributed by atoms with Gasteiger partial charge in [-0.15, -0.1) is 0 Å². The second-order valence-corrected chi connectivity index (χ2v) is 3.96. The summed E-state index contributed by atoms with van der Waals surface area (Å²) in [5, 5.41) is 3.41. The van der Waals surface area contributed by atoms with Gasteiger partial charge in [0, 0.05) is 25.6 Å². The average Bonchev–Trinajstić information content (AvgIpc) is 2.20. The van der Waals surface area contributed by atoms with Crippen molar-refractivity contribution in [2.45, 2.75) is 45.6 Å². The van der Waals surface area contributed by atoms with Gasteiger partial charge in [0.15, 0.2) is 0 Å². The molecule has 0 radical (unpaired) electrons. The molecule has 0 aromatic heterocycles. The Bertz CT molecular complexity index is 182. The molecular weight excluding hydrogens is 176 g/mol. The molecule has 0 aromatic rings. The predicted octanol–water partition coefficient (Wildman–Crippen LogP) is 1.39. The van der Waals surface area contributed by atoms with Crippen LogP contribution < -0.4 is 5.32 Å². The van der Waals surface area contributed by atoms with Crippen LogP contribution in [0.25, 0.3) is 0 Å². The molecule has 1 rings (SSSR count). The van der Waals surface area contributed by atoms with E-state index in [4.69, 9.17) is 0 Å². The van der Waals surface area contributed by atoms with E-state index in [2.05, 4.69) is 19.2 Å². The number of nitrogens with zero attached hydrogens (tertiary/aromatic N) is 1. The third kappa shape index (κ3) is 3.29. The van der Waals surface area contributed by atoms with Gasteiger partial charge in [-0.1, -0.05) is 13.8 Å². The third-order valence-electron chi connectivity index (χ3n) is 2.85. The molecule has 1 aliphatic heterocycles. The minimum atomic E-state index is 0.340. The van der Waals surface area contributed by atoms with E-state index in [9.17, 15) is 4.79 Å². The highest BCUT2D eigenvalue weighted by Crippen LogP contribution is 2.11. The first-order chi connectivity index (χ1) is 6.77. The molecule has 1 heterocycles. The predicted molar refractivity (Wildman–Crippen MR) is 58.2 cm³/mol. The fraction of sp³-hybridized carbons (Fsp3) is 0.909. The fourth-order valence-corrected chi connectivity index (χ4v) is 1.95. The highest BCUT2D eigenvalue weighted by molar-refractivity contribution is 5.76. The number of nitrogens with one attached hydrogen (secondary N) is 1. The maximum absolute atomic E-state index is 11.5. The number of likely N-dealkylation sites (tertiary alicyclic amines) is 1. The largest absolute Gasteiger partial charge is 0.341 e. The third-order valence-corrected chi connectivity index (χ3v) is 2.85. The Labute approximate surface area is 86.9 Å². The molecular formula is C11H22N2O. The van der Waals surface area contributed by atoms with Gasteiger partial charge in [0.05, 0.1) is 0 Å². The second-order valence-electron chi connectivity index (χ2n) is 3.96. The van der Waals surface area contributed by atoms with Gasteiger partial charge in [0.25, 0.3) is 0 Å². The van der Waals surface area contributed by atoms with E-state index in [0.717, 1.165) is 38.9 Å². The van der Waals surface area contributed by atoms with Crippen molar-refractivity contribution in [2.24, 2.45) is 0 Å². The highest BCUT2D eigenvalue weighted by atomic mass is 16.2. The van der Waals surface area contributed by atoms with Crippen LogP contribution in [-0.4, -0.2) is 36.5 Å². The van der Waals surface area contributed by atoms with Gasteiger partial charge in [-0.05, 0) is 25.8 Å². The van der Waals surface area contributed by atoms with Crippen molar-refractivity contribution in [3.8, 4) is 0 Å². The van der Waals surface area contributed by atoms with Crippen LogP contribution in [0.1, 0.15) is 39.5 Å². The summed E-state index contributed by atoms with van der Waals surface area (Å²) < 4.78 is 0. The summed E-state index contributed by atoms with van der Waals surface area (Å²) in [5.41, 5.74) is 0. The van der Waals surface area contributed by atoms with Gasteiger partial charge >= 0.3 is 0 Å². The lowest BCUT2D eigenvalue weighted by Crippen LogP contribution is -2.45. The van der Waals surface area contributed by atoms with Crippen LogP contribution in [0, 0.1) is 0 Å². The Morgan fingerprint density at radius 3 is 2.79 bits per heavy atom. The quantitative estimate of drug-likeness (QED) is 0.724. The molecule has 0 saturated carbocycles. The van der Waals surface area contributed by atoms with Gasteiger partial charge in [-0.2, -0.15) is 0 Å². The Morgan fingerprint density at radius 1 is 1.43 bits per heavy atom. The number of piperidine rings is 1. The molecule has 0 aromatic carbocycles. The van der Waals surface area contributed by atoms with Crippen molar-refractivity contribution in [1.29, 1.82) is 0 Å². The van der Waals surface area contributed by atoms with E-state index >= 15 is 0 Å². The molecule has 0 bridgehead atoms. The van der Waals surface area contributed by atoms with Crippen LogP contribution >= 0.6 is 0 Å². The van der Waals surface area contributed by atoms with Crippen LogP contribution in [-0.2, 0) is 4.79 Å². The molecule has 1 fully saturated rings. The molecule has 1 atom stereocenters. The van der Waals surface area contributed by atoms with Crippen molar-refractivity contribution >= 4 is 5.91 Å². The monoisotopic (exact) mass is 198 g/mol. The molecule has 1 aliphatic rings. The number of carbonyl (C=O) groups is 1. The van der Waals surface area contributed by atoms with Crippen molar-refractivity contribution < 1.29 is 4.79 Å². The molecule has 1 amide bonds. The molecule has 1 unspecified atom stereocenters. The standard InChI is InChI=1S/C11H22N2O/c1-3-10(12-4-2)9-13-8-6-5-7-11(13)14/h10,12H,3-9H2,1-2H3. The van der Waals surface area contributed by atoms with Crippen LogP contribution in [0.3, 0.4) is 0 Å². The molecule has 3 heteroatoms. The lowest BCUT2D eigenvalue weighted by Gasteiger charge is -2.30. The van der Waals surface area contributed by atoms with Gasteiger partial charge in [0.2, 0.25) is 5.91 Å². The zero-order valence-electron chi connectivity index (χ0n) is 9.38. The molecule has 0 aliphatic carbocycles. The minimum Gasteiger partial charge on any atom is -0.341 e. The molecule has 1 N–H and O–H groups in total. The number of hydrogen-bond acceptors (Lipinski definition) is 2. The fourth-order valence-electron chi connectivity index (χ4n) is 1.95. The summed E-state index contributed by atoms with van der Waals surface area (Å²) in [4.78, 5) is 13.6. The SMILES string of the molecule is CCNC(CC)CN1CCCCC1=O. The van der Waals surface area contributed by atoms with Gasteiger partial charge < -0.3 is 10.2 Å². The number of rotatable bonds is 5. The van der Waals surface area contributed by atoms with Crippen molar-refractivity contribution in [3.63, 3.8) is 0 Å². The normalized spacial score (nSPS) is 19.9. The highest BCUT2D eigenvalue weighted by Gasteiger charge is 2.20. The van der Waals surface area contributed by atoms with Gasteiger partial charge in [-0.3, -0.25) is 4.79 Å². The first kappa shape index (κ1) is 11.5. The Morgan fingerprint density at radius 2 is 2.21 bits per heavy atom. The van der Waals surface area contributed by atoms with Crippen LogP contribution in [0.4, 0.5) is 0 Å². The molecule has 1 saturated heterocycles. The van der Waals surface area contributed by atoms with Crippen molar-refractivity contribution in [1.82, 2.24) is 10.2 Å². The van der Waals surface area contributed by atoms with Crippen molar-refractivity contribution in [2.75, 3.05) is 19.6 Å². The first-order valence-corrected chi connectivity index (χ1v) is 5.79. The molecule has 3 nitrogen and oxygen atoms in total. The summed E-state index contributed by atoms with van der Waals surface area (Å²) in [5.74, 6) is 0.340. The lowest BCUT2D eigenvalue weighted by atomic mass is 10.1. The molecule has 0 spiro atoms. The maximum atomic E-state index is 11.5. The number of likely N-dealkylation sites (N-methyl/N-ethyl adjacent to an activating group) is 1. The topological polar surface area (TPSA) is 32.3 Å². The van der Waals surface area contributed by atoms with Crippen LogP contribution in [0.15, 0.2) is 0 Å². The van der Waals surface area contributed by atoms with E-state index in [1.807, 2.05) is 4.90 Å². The number of carbonyl (C=O) groups excluding carboxylic acids is 1. The maximum Gasteiger partial charge on any atom is 0.222 e. The zero-order valence-corrected chi connectivity index (χ0v) is 9.38. The second kappa shape index (κ2) is 6.02.